The van der Waals surface area contributed by atoms with Crippen LogP contribution in [0.1, 0.15) is 19.3 Å². The van der Waals surface area contributed by atoms with Crippen LogP contribution in [0.4, 0.5) is 0 Å². The van der Waals surface area contributed by atoms with Gasteiger partial charge in [0.05, 0.1) is 13.0 Å². The van der Waals surface area contributed by atoms with E-state index in [4.69, 9.17) is 0 Å². The number of carbonyl (C=O) groups is 2. The number of hydrogen-bond acceptors (Lipinski definition) is 4. The molecule has 2 rings (SSSR count). The molecule has 2 N–H and O–H groups in total. The molecule has 1 amide bonds. The first kappa shape index (κ1) is 13.3. The molecule has 92 valence electrons. The van der Waals surface area contributed by atoms with Crippen molar-refractivity contribution >= 4 is 24.3 Å². The number of rotatable bonds is 3. The summed E-state index contributed by atoms with van der Waals surface area (Å²) in [4.78, 5) is 22.8. The van der Waals surface area contributed by atoms with Crippen LogP contribution in [0.15, 0.2) is 0 Å². The molecule has 0 unspecified atom stereocenters. The van der Waals surface area contributed by atoms with Crippen molar-refractivity contribution in [1.29, 1.82) is 0 Å². The molecule has 1 saturated heterocycles. The summed E-state index contributed by atoms with van der Waals surface area (Å²) in [6.45, 7) is 0.568. The Bertz CT molecular complexity index is 281. The van der Waals surface area contributed by atoms with Crippen molar-refractivity contribution in [3.63, 3.8) is 0 Å². The van der Waals surface area contributed by atoms with E-state index in [9.17, 15) is 9.59 Å². The maximum absolute atomic E-state index is 11.6. The first-order valence-electron chi connectivity index (χ1n) is 5.32. The van der Waals surface area contributed by atoms with Crippen molar-refractivity contribution in [2.24, 2.45) is 5.92 Å². The summed E-state index contributed by atoms with van der Waals surface area (Å²) in [6.07, 6.45) is 2.73. The van der Waals surface area contributed by atoms with Gasteiger partial charge in [-0.05, 0) is 19.3 Å². The molecular formula is C10H17ClN2O3. The highest BCUT2D eigenvalue weighted by atomic mass is 35.5. The highest BCUT2D eigenvalue weighted by Crippen LogP contribution is 2.21. The van der Waals surface area contributed by atoms with Crippen LogP contribution in [0.3, 0.4) is 0 Å². The van der Waals surface area contributed by atoms with Crippen LogP contribution >= 0.6 is 12.4 Å². The summed E-state index contributed by atoms with van der Waals surface area (Å²) in [5.74, 6) is -0.303. The average Bonchev–Trinajstić information content (AvgIpc) is 2.91. The van der Waals surface area contributed by atoms with Crippen molar-refractivity contribution < 1.29 is 14.3 Å². The average molecular weight is 249 g/mol. The van der Waals surface area contributed by atoms with Gasteiger partial charge in [-0.15, -0.1) is 12.4 Å². The van der Waals surface area contributed by atoms with Gasteiger partial charge in [0.15, 0.2) is 0 Å². The third kappa shape index (κ3) is 3.09. The Hall–Kier alpha value is -0.810. The molecule has 5 nitrogen and oxygen atoms in total. The van der Waals surface area contributed by atoms with E-state index >= 15 is 0 Å². The topological polar surface area (TPSA) is 67.4 Å². The molecule has 0 spiro atoms. The largest absolute Gasteiger partial charge is 0.468 e. The molecule has 1 heterocycles. The van der Waals surface area contributed by atoms with E-state index in [1.807, 2.05) is 0 Å². The van der Waals surface area contributed by atoms with Crippen LogP contribution < -0.4 is 10.6 Å². The second-order valence-corrected chi connectivity index (χ2v) is 4.20. The number of halogens is 1. The van der Waals surface area contributed by atoms with Crippen molar-refractivity contribution in [2.75, 3.05) is 13.7 Å². The zero-order valence-corrected chi connectivity index (χ0v) is 10.0. The molecule has 2 atom stereocenters. The Morgan fingerprint density at radius 2 is 2.06 bits per heavy atom. The second-order valence-electron chi connectivity index (χ2n) is 4.20. The molecular weight excluding hydrogens is 232 g/mol. The highest BCUT2D eigenvalue weighted by Gasteiger charge is 2.35. The summed E-state index contributed by atoms with van der Waals surface area (Å²) in [7, 11) is 1.36. The van der Waals surface area contributed by atoms with E-state index in [-0.39, 0.29) is 36.2 Å². The molecule has 6 heteroatoms. The Morgan fingerprint density at radius 3 is 2.62 bits per heavy atom. The van der Waals surface area contributed by atoms with E-state index in [0.29, 0.717) is 19.0 Å². The molecule has 1 aliphatic carbocycles. The molecule has 1 saturated carbocycles. The SMILES string of the molecule is COC(=O)[C@@H]1C[C@@H](C(=O)NC2CC2)CN1.Cl. The van der Waals surface area contributed by atoms with Gasteiger partial charge in [-0.1, -0.05) is 0 Å². The van der Waals surface area contributed by atoms with Crippen LogP contribution in [-0.2, 0) is 14.3 Å². The zero-order chi connectivity index (χ0) is 10.8. The fourth-order valence-corrected chi connectivity index (χ4v) is 1.80. The Kier molecular flexibility index (Phi) is 4.56. The number of ether oxygens (including phenoxy) is 1. The lowest BCUT2D eigenvalue weighted by molar-refractivity contribution is -0.142. The van der Waals surface area contributed by atoms with E-state index in [0.717, 1.165) is 12.8 Å². The first-order valence-corrected chi connectivity index (χ1v) is 5.32. The van der Waals surface area contributed by atoms with E-state index in [1.165, 1.54) is 7.11 Å². The van der Waals surface area contributed by atoms with Crippen LogP contribution in [0.25, 0.3) is 0 Å². The molecule has 0 aromatic heterocycles. The van der Waals surface area contributed by atoms with Gasteiger partial charge in [-0.2, -0.15) is 0 Å². The first-order chi connectivity index (χ1) is 7.20. The minimum atomic E-state index is -0.315. The van der Waals surface area contributed by atoms with Gasteiger partial charge in [0, 0.05) is 12.6 Å². The monoisotopic (exact) mass is 248 g/mol. The number of esters is 1. The fourth-order valence-electron chi connectivity index (χ4n) is 1.80. The predicted octanol–water partition coefficient (Wildman–Crippen LogP) is -0.162. The third-order valence-corrected chi connectivity index (χ3v) is 2.91. The van der Waals surface area contributed by atoms with Gasteiger partial charge in [0.2, 0.25) is 5.91 Å². The zero-order valence-electron chi connectivity index (χ0n) is 9.19. The second kappa shape index (κ2) is 5.50. The summed E-state index contributed by atoms with van der Waals surface area (Å²) in [5.41, 5.74) is 0. The molecule has 2 fully saturated rings. The smallest absolute Gasteiger partial charge is 0.322 e. The predicted molar refractivity (Wildman–Crippen MR) is 60.3 cm³/mol. The summed E-state index contributed by atoms with van der Waals surface area (Å²) in [6, 6.07) is 0.0691. The Balaban J connectivity index is 0.00000128. The molecule has 16 heavy (non-hydrogen) atoms. The molecule has 0 radical (unpaired) electrons. The van der Waals surface area contributed by atoms with Crippen LogP contribution in [0, 0.1) is 5.92 Å². The van der Waals surface area contributed by atoms with Gasteiger partial charge in [0.1, 0.15) is 6.04 Å². The summed E-state index contributed by atoms with van der Waals surface area (Å²) < 4.78 is 4.62. The summed E-state index contributed by atoms with van der Waals surface area (Å²) in [5, 5.41) is 5.94. The number of hydrogen-bond donors (Lipinski definition) is 2. The molecule has 0 aromatic rings. The molecule has 2 aliphatic rings. The quantitative estimate of drug-likeness (QED) is 0.681. The highest BCUT2D eigenvalue weighted by molar-refractivity contribution is 5.85. The molecule has 0 aromatic carbocycles. The van der Waals surface area contributed by atoms with Crippen molar-refractivity contribution in [2.45, 2.75) is 31.3 Å². The van der Waals surface area contributed by atoms with E-state index in [2.05, 4.69) is 15.4 Å². The van der Waals surface area contributed by atoms with Crippen molar-refractivity contribution in [1.82, 2.24) is 10.6 Å². The van der Waals surface area contributed by atoms with Gasteiger partial charge in [-0.3, -0.25) is 9.59 Å². The third-order valence-electron chi connectivity index (χ3n) is 2.91. The minimum Gasteiger partial charge on any atom is -0.468 e. The Morgan fingerprint density at radius 1 is 1.38 bits per heavy atom. The van der Waals surface area contributed by atoms with E-state index < -0.39 is 0 Å². The summed E-state index contributed by atoms with van der Waals surface area (Å²) >= 11 is 0. The van der Waals surface area contributed by atoms with Crippen molar-refractivity contribution in [3.8, 4) is 0 Å². The van der Waals surface area contributed by atoms with Crippen molar-refractivity contribution in [3.05, 3.63) is 0 Å². The maximum Gasteiger partial charge on any atom is 0.322 e. The van der Waals surface area contributed by atoms with Gasteiger partial charge in [-0.25, -0.2) is 0 Å². The number of methoxy groups -OCH3 is 1. The van der Waals surface area contributed by atoms with Gasteiger partial charge in [0.25, 0.3) is 0 Å². The lowest BCUT2D eigenvalue weighted by Crippen LogP contribution is -2.33. The van der Waals surface area contributed by atoms with Gasteiger partial charge >= 0.3 is 5.97 Å². The van der Waals surface area contributed by atoms with Crippen LogP contribution in [0.5, 0.6) is 0 Å². The standard InChI is InChI=1S/C10H16N2O3.ClH/c1-15-10(14)8-4-6(5-11-8)9(13)12-7-2-3-7;/h6-8,11H,2-5H2,1H3,(H,12,13);1H/t6-,8+;/m1./s1. The lowest BCUT2D eigenvalue weighted by Gasteiger charge is -2.09. The number of carbonyl (C=O) groups excluding carboxylic acids is 2. The lowest BCUT2D eigenvalue weighted by atomic mass is 10.0. The van der Waals surface area contributed by atoms with Gasteiger partial charge < -0.3 is 15.4 Å². The van der Waals surface area contributed by atoms with Crippen LogP contribution in [-0.4, -0.2) is 37.6 Å². The molecule has 1 aliphatic heterocycles. The molecule has 0 bridgehead atoms. The fraction of sp³-hybridized carbons (Fsp3) is 0.800. The maximum atomic E-state index is 11.6. The minimum absolute atomic E-state index is 0. The van der Waals surface area contributed by atoms with Crippen LogP contribution in [0.2, 0.25) is 0 Å². The number of amides is 1. The van der Waals surface area contributed by atoms with E-state index in [1.54, 1.807) is 0 Å². The Labute approximate surface area is 101 Å². The number of nitrogens with one attached hydrogen (secondary N) is 2. The normalized spacial score (nSPS) is 28.1.